The fraction of sp³-hybridized carbons (Fsp3) is 0.455. The molecule has 0 aromatic carbocycles. The van der Waals surface area contributed by atoms with Crippen molar-refractivity contribution in [1.82, 2.24) is 9.80 Å². The minimum absolute atomic E-state index is 0.380. The topological polar surface area (TPSA) is 6.48 Å². The van der Waals surface area contributed by atoms with Gasteiger partial charge in [-0.15, -0.1) is 0 Å². The molecule has 1 aliphatic rings. The zero-order valence-corrected chi connectivity index (χ0v) is 8.86. The lowest BCUT2D eigenvalue weighted by Crippen LogP contribution is -2.33. The van der Waals surface area contributed by atoms with Crippen LogP contribution in [0.3, 0.4) is 0 Å². The first kappa shape index (κ1) is 10.1. The zero-order valence-electron chi connectivity index (χ0n) is 8.86. The monoisotopic (exact) mass is 178 g/mol. The maximum absolute atomic E-state index is 2.20. The second kappa shape index (κ2) is 4.28. The largest absolute Gasteiger partial charge is 0.379 e. The average Bonchev–Trinajstić information content (AvgIpc) is 2.27. The Morgan fingerprint density at radius 2 is 1.69 bits per heavy atom. The van der Waals surface area contributed by atoms with E-state index in [-0.39, 0.29) is 0 Å². The summed E-state index contributed by atoms with van der Waals surface area (Å²) in [5.74, 6) is 0. The molecule has 72 valence electrons. The number of rotatable bonds is 2. The van der Waals surface area contributed by atoms with E-state index < -0.39 is 0 Å². The predicted molar refractivity (Wildman–Crippen MR) is 57.5 cm³/mol. The first-order valence-electron chi connectivity index (χ1n) is 4.51. The van der Waals surface area contributed by atoms with Crippen LogP contribution in [0.4, 0.5) is 0 Å². The van der Waals surface area contributed by atoms with Crippen molar-refractivity contribution in [2.75, 3.05) is 28.2 Å². The summed E-state index contributed by atoms with van der Waals surface area (Å²) in [5.41, 5.74) is 1.31. The van der Waals surface area contributed by atoms with Crippen molar-refractivity contribution in [2.24, 2.45) is 0 Å². The molecule has 0 bridgehead atoms. The predicted octanol–water partition coefficient (Wildman–Crippen LogP) is 1.49. The molecular weight excluding hydrogens is 160 g/mol. The van der Waals surface area contributed by atoms with Crippen molar-refractivity contribution < 1.29 is 0 Å². The van der Waals surface area contributed by atoms with Gasteiger partial charge in [0.15, 0.2) is 0 Å². The highest BCUT2D eigenvalue weighted by molar-refractivity contribution is 5.28. The summed E-state index contributed by atoms with van der Waals surface area (Å²) < 4.78 is 0. The molecule has 2 nitrogen and oxygen atoms in total. The minimum atomic E-state index is 0.380. The Morgan fingerprint density at radius 1 is 1.00 bits per heavy atom. The zero-order chi connectivity index (χ0) is 9.84. The van der Waals surface area contributed by atoms with Gasteiger partial charge >= 0.3 is 0 Å². The highest BCUT2D eigenvalue weighted by atomic mass is 15.2. The summed E-state index contributed by atoms with van der Waals surface area (Å²) in [6.07, 6.45) is 10.6. The third-order valence-electron chi connectivity index (χ3n) is 2.16. The van der Waals surface area contributed by atoms with Crippen LogP contribution < -0.4 is 0 Å². The summed E-state index contributed by atoms with van der Waals surface area (Å²) in [5, 5.41) is 0. The molecule has 0 aromatic rings. The van der Waals surface area contributed by atoms with Gasteiger partial charge in [0.1, 0.15) is 0 Å². The third kappa shape index (κ3) is 2.46. The van der Waals surface area contributed by atoms with Crippen LogP contribution in [0, 0.1) is 0 Å². The number of likely N-dealkylation sites (N-methyl/N-ethyl adjacent to an activating group) is 2. The maximum atomic E-state index is 2.20. The van der Waals surface area contributed by atoms with E-state index in [0.717, 1.165) is 0 Å². The SMILES string of the molecule is CN(C)C1=CC=CC=CC1N(C)C. The summed E-state index contributed by atoms with van der Waals surface area (Å²) in [4.78, 5) is 4.36. The second-order valence-electron chi connectivity index (χ2n) is 3.66. The number of nitrogens with zero attached hydrogens (tertiary/aromatic N) is 2. The molecule has 0 amide bonds. The van der Waals surface area contributed by atoms with Crippen LogP contribution in [0.25, 0.3) is 0 Å². The van der Waals surface area contributed by atoms with Crippen LogP contribution in [0.2, 0.25) is 0 Å². The van der Waals surface area contributed by atoms with Crippen LogP contribution >= 0.6 is 0 Å². The van der Waals surface area contributed by atoms with E-state index in [1.165, 1.54) is 5.70 Å². The first-order valence-corrected chi connectivity index (χ1v) is 4.51. The number of hydrogen-bond acceptors (Lipinski definition) is 2. The fourth-order valence-electron chi connectivity index (χ4n) is 1.44. The Morgan fingerprint density at radius 3 is 2.23 bits per heavy atom. The molecule has 1 aliphatic carbocycles. The van der Waals surface area contributed by atoms with E-state index in [9.17, 15) is 0 Å². The Kier molecular flexibility index (Phi) is 3.32. The van der Waals surface area contributed by atoms with Crippen LogP contribution in [0.1, 0.15) is 0 Å². The van der Waals surface area contributed by atoms with Crippen molar-refractivity contribution in [3.63, 3.8) is 0 Å². The molecule has 0 fully saturated rings. The Labute approximate surface area is 80.8 Å². The summed E-state index contributed by atoms with van der Waals surface area (Å²) in [7, 11) is 8.35. The molecule has 0 heterocycles. The number of hydrogen-bond donors (Lipinski definition) is 0. The van der Waals surface area contributed by atoms with Crippen LogP contribution in [0.15, 0.2) is 36.1 Å². The molecule has 0 saturated heterocycles. The molecule has 0 spiro atoms. The van der Waals surface area contributed by atoms with E-state index in [4.69, 9.17) is 0 Å². The van der Waals surface area contributed by atoms with E-state index in [1.54, 1.807) is 0 Å². The van der Waals surface area contributed by atoms with Crippen LogP contribution in [-0.4, -0.2) is 44.0 Å². The van der Waals surface area contributed by atoms with Gasteiger partial charge in [-0.25, -0.2) is 0 Å². The van der Waals surface area contributed by atoms with Gasteiger partial charge in [-0.1, -0.05) is 24.3 Å². The molecule has 0 aromatic heterocycles. The fourth-order valence-corrected chi connectivity index (χ4v) is 1.44. The van der Waals surface area contributed by atoms with Gasteiger partial charge < -0.3 is 4.90 Å². The number of allylic oxidation sites excluding steroid dienone is 4. The van der Waals surface area contributed by atoms with Gasteiger partial charge in [-0.05, 0) is 20.2 Å². The standard InChI is InChI=1S/C11H18N2/c1-12(2)10-8-6-5-7-9-11(10)13(3)4/h5-10H,1-4H3. The lowest BCUT2D eigenvalue weighted by Gasteiger charge is -2.28. The smallest absolute Gasteiger partial charge is 0.0680 e. The highest BCUT2D eigenvalue weighted by Crippen LogP contribution is 2.14. The van der Waals surface area contributed by atoms with Crippen molar-refractivity contribution in [3.8, 4) is 0 Å². The van der Waals surface area contributed by atoms with Gasteiger partial charge in [0.05, 0.1) is 6.04 Å². The molecule has 0 aliphatic heterocycles. The van der Waals surface area contributed by atoms with Crippen LogP contribution in [0.5, 0.6) is 0 Å². The van der Waals surface area contributed by atoms with Gasteiger partial charge in [-0.2, -0.15) is 0 Å². The Hall–Kier alpha value is -1.02. The molecule has 13 heavy (non-hydrogen) atoms. The van der Waals surface area contributed by atoms with E-state index in [2.05, 4.69) is 68.4 Å². The lowest BCUT2D eigenvalue weighted by molar-refractivity contribution is 0.324. The summed E-state index contributed by atoms with van der Waals surface area (Å²) >= 11 is 0. The average molecular weight is 178 g/mol. The summed E-state index contributed by atoms with van der Waals surface area (Å²) in [6.45, 7) is 0. The van der Waals surface area contributed by atoms with Gasteiger partial charge in [-0.3, -0.25) is 4.90 Å². The molecule has 2 heteroatoms. The molecule has 0 saturated carbocycles. The molecule has 0 N–H and O–H groups in total. The summed E-state index contributed by atoms with van der Waals surface area (Å²) in [6, 6.07) is 0.380. The van der Waals surface area contributed by atoms with Crippen molar-refractivity contribution in [2.45, 2.75) is 6.04 Å². The molecule has 1 unspecified atom stereocenters. The maximum Gasteiger partial charge on any atom is 0.0680 e. The normalized spacial score (nSPS) is 21.6. The molecule has 0 radical (unpaired) electrons. The molecular formula is C11H18N2. The van der Waals surface area contributed by atoms with Crippen molar-refractivity contribution in [3.05, 3.63) is 36.1 Å². The Bertz CT molecular complexity index is 247. The first-order chi connectivity index (χ1) is 6.13. The van der Waals surface area contributed by atoms with Gasteiger partial charge in [0.25, 0.3) is 0 Å². The van der Waals surface area contributed by atoms with E-state index in [1.807, 2.05) is 0 Å². The van der Waals surface area contributed by atoms with E-state index in [0.29, 0.717) is 6.04 Å². The Balaban J connectivity index is 2.91. The minimum Gasteiger partial charge on any atom is -0.379 e. The van der Waals surface area contributed by atoms with Crippen molar-refractivity contribution in [1.29, 1.82) is 0 Å². The van der Waals surface area contributed by atoms with Crippen molar-refractivity contribution >= 4 is 0 Å². The molecule has 1 rings (SSSR count). The van der Waals surface area contributed by atoms with E-state index >= 15 is 0 Å². The third-order valence-corrected chi connectivity index (χ3v) is 2.16. The highest BCUT2D eigenvalue weighted by Gasteiger charge is 2.15. The van der Waals surface area contributed by atoms with Crippen LogP contribution in [-0.2, 0) is 0 Å². The molecule has 1 atom stereocenters. The quantitative estimate of drug-likeness (QED) is 0.632. The second-order valence-corrected chi connectivity index (χ2v) is 3.66. The van der Waals surface area contributed by atoms with Gasteiger partial charge in [0, 0.05) is 19.8 Å². The van der Waals surface area contributed by atoms with Gasteiger partial charge in [0.2, 0.25) is 0 Å². The lowest BCUT2D eigenvalue weighted by atomic mass is 10.1.